The van der Waals surface area contributed by atoms with Crippen LogP contribution in [0.5, 0.6) is 5.75 Å². The monoisotopic (exact) mass is 192 g/mol. The molecule has 2 atom stereocenters. The molecule has 1 aromatic rings. The number of ether oxygens (including phenoxy) is 2. The first-order chi connectivity index (χ1) is 6.79. The van der Waals surface area contributed by atoms with Gasteiger partial charge in [-0.25, -0.2) is 0 Å². The molecule has 1 fully saturated rings. The zero-order valence-corrected chi connectivity index (χ0v) is 8.69. The standard InChI is InChI=1S/C12H16O2/c1-3-13-11-6-4-10(5-7-11)8-12-9(2)14-12/h4-7,9,12H,3,8H2,1-2H3. The molecule has 0 aromatic heterocycles. The quantitative estimate of drug-likeness (QED) is 0.683. The van der Waals surface area contributed by atoms with Gasteiger partial charge in [0.25, 0.3) is 0 Å². The summed E-state index contributed by atoms with van der Waals surface area (Å²) in [6.45, 7) is 4.83. The van der Waals surface area contributed by atoms with Gasteiger partial charge in [0, 0.05) is 6.42 Å². The molecule has 0 N–H and O–H groups in total. The Balaban J connectivity index is 1.92. The molecule has 2 nitrogen and oxygen atoms in total. The van der Waals surface area contributed by atoms with E-state index in [0.29, 0.717) is 12.2 Å². The summed E-state index contributed by atoms with van der Waals surface area (Å²) in [6, 6.07) is 8.26. The molecule has 0 spiro atoms. The summed E-state index contributed by atoms with van der Waals surface area (Å²) >= 11 is 0. The first kappa shape index (κ1) is 9.53. The van der Waals surface area contributed by atoms with Crippen LogP contribution in [0.2, 0.25) is 0 Å². The van der Waals surface area contributed by atoms with Crippen molar-refractivity contribution in [2.75, 3.05) is 6.61 Å². The van der Waals surface area contributed by atoms with Crippen molar-refractivity contribution in [3.63, 3.8) is 0 Å². The molecule has 0 bridgehead atoms. The van der Waals surface area contributed by atoms with Crippen molar-refractivity contribution in [3.05, 3.63) is 29.8 Å². The molecule has 1 aromatic carbocycles. The van der Waals surface area contributed by atoms with E-state index >= 15 is 0 Å². The normalized spacial score (nSPS) is 24.7. The summed E-state index contributed by atoms with van der Waals surface area (Å²) in [5, 5.41) is 0. The van der Waals surface area contributed by atoms with Crippen molar-refractivity contribution in [1.29, 1.82) is 0 Å². The minimum absolute atomic E-state index is 0.438. The number of hydrogen-bond acceptors (Lipinski definition) is 2. The third kappa shape index (κ3) is 2.26. The molecule has 1 aliphatic rings. The van der Waals surface area contributed by atoms with Crippen LogP contribution in [-0.4, -0.2) is 18.8 Å². The van der Waals surface area contributed by atoms with Gasteiger partial charge in [-0.1, -0.05) is 12.1 Å². The maximum Gasteiger partial charge on any atom is 0.119 e. The summed E-state index contributed by atoms with van der Waals surface area (Å²) in [5.41, 5.74) is 1.32. The highest BCUT2D eigenvalue weighted by atomic mass is 16.6. The molecule has 2 heteroatoms. The number of epoxide rings is 1. The Morgan fingerprint density at radius 3 is 2.43 bits per heavy atom. The summed E-state index contributed by atoms with van der Waals surface area (Å²) in [4.78, 5) is 0. The minimum atomic E-state index is 0.438. The average molecular weight is 192 g/mol. The lowest BCUT2D eigenvalue weighted by Crippen LogP contribution is -1.96. The molecule has 1 heterocycles. The van der Waals surface area contributed by atoms with Crippen LogP contribution < -0.4 is 4.74 Å². The summed E-state index contributed by atoms with van der Waals surface area (Å²) < 4.78 is 10.7. The zero-order valence-electron chi connectivity index (χ0n) is 8.69. The lowest BCUT2D eigenvalue weighted by Gasteiger charge is -2.03. The van der Waals surface area contributed by atoms with E-state index in [-0.39, 0.29) is 0 Å². The van der Waals surface area contributed by atoms with E-state index in [4.69, 9.17) is 9.47 Å². The summed E-state index contributed by atoms with van der Waals surface area (Å²) in [5.74, 6) is 0.945. The Hall–Kier alpha value is -1.02. The fraction of sp³-hybridized carbons (Fsp3) is 0.500. The van der Waals surface area contributed by atoms with Crippen LogP contribution in [-0.2, 0) is 11.2 Å². The predicted octanol–water partition coefficient (Wildman–Crippen LogP) is 2.42. The number of benzene rings is 1. The third-order valence-corrected chi connectivity index (χ3v) is 2.51. The van der Waals surface area contributed by atoms with Crippen LogP contribution in [0.15, 0.2) is 24.3 Å². The van der Waals surface area contributed by atoms with Crippen LogP contribution >= 0.6 is 0 Å². The van der Waals surface area contributed by atoms with Gasteiger partial charge in [0.05, 0.1) is 18.8 Å². The molecular weight excluding hydrogens is 176 g/mol. The van der Waals surface area contributed by atoms with Crippen molar-refractivity contribution in [1.82, 2.24) is 0 Å². The van der Waals surface area contributed by atoms with Crippen molar-refractivity contribution in [3.8, 4) is 5.75 Å². The molecule has 2 unspecified atom stereocenters. The molecular formula is C12H16O2. The van der Waals surface area contributed by atoms with Crippen molar-refractivity contribution in [2.45, 2.75) is 32.5 Å². The molecule has 0 aliphatic carbocycles. The van der Waals surface area contributed by atoms with Gasteiger partial charge in [-0.2, -0.15) is 0 Å². The number of hydrogen-bond donors (Lipinski definition) is 0. The Morgan fingerprint density at radius 1 is 1.29 bits per heavy atom. The van der Waals surface area contributed by atoms with E-state index in [1.165, 1.54) is 5.56 Å². The Bertz CT molecular complexity index is 292. The van der Waals surface area contributed by atoms with Gasteiger partial charge in [0.2, 0.25) is 0 Å². The van der Waals surface area contributed by atoms with E-state index in [0.717, 1.165) is 18.8 Å². The largest absolute Gasteiger partial charge is 0.494 e. The highest BCUT2D eigenvalue weighted by Crippen LogP contribution is 2.25. The van der Waals surface area contributed by atoms with E-state index in [2.05, 4.69) is 19.1 Å². The molecule has 0 saturated carbocycles. The predicted molar refractivity (Wildman–Crippen MR) is 55.7 cm³/mol. The Labute approximate surface area is 84.8 Å². The highest BCUT2D eigenvalue weighted by molar-refractivity contribution is 5.28. The lowest BCUT2D eigenvalue weighted by molar-refractivity contribution is 0.340. The van der Waals surface area contributed by atoms with E-state index in [9.17, 15) is 0 Å². The molecule has 1 aliphatic heterocycles. The average Bonchev–Trinajstić information content (AvgIpc) is 2.86. The molecule has 0 amide bonds. The second-order valence-corrected chi connectivity index (χ2v) is 3.66. The molecule has 76 valence electrons. The second-order valence-electron chi connectivity index (χ2n) is 3.66. The smallest absolute Gasteiger partial charge is 0.119 e. The summed E-state index contributed by atoms with van der Waals surface area (Å²) in [6.07, 6.45) is 1.91. The first-order valence-electron chi connectivity index (χ1n) is 5.17. The molecule has 1 saturated heterocycles. The van der Waals surface area contributed by atoms with Crippen molar-refractivity contribution in [2.24, 2.45) is 0 Å². The third-order valence-electron chi connectivity index (χ3n) is 2.51. The van der Waals surface area contributed by atoms with E-state index < -0.39 is 0 Å². The van der Waals surface area contributed by atoms with Gasteiger partial charge in [-0.05, 0) is 31.5 Å². The Kier molecular flexibility index (Phi) is 2.73. The van der Waals surface area contributed by atoms with Crippen LogP contribution in [0.1, 0.15) is 19.4 Å². The van der Waals surface area contributed by atoms with Crippen LogP contribution in [0.3, 0.4) is 0 Å². The van der Waals surface area contributed by atoms with Crippen molar-refractivity contribution >= 4 is 0 Å². The molecule has 0 radical (unpaired) electrons. The molecule has 2 rings (SSSR count). The summed E-state index contributed by atoms with van der Waals surface area (Å²) in [7, 11) is 0. The SMILES string of the molecule is CCOc1ccc(CC2OC2C)cc1. The van der Waals surface area contributed by atoms with Gasteiger partial charge < -0.3 is 9.47 Å². The van der Waals surface area contributed by atoms with Gasteiger partial charge >= 0.3 is 0 Å². The lowest BCUT2D eigenvalue weighted by atomic mass is 10.1. The van der Waals surface area contributed by atoms with Gasteiger partial charge in [0.15, 0.2) is 0 Å². The zero-order chi connectivity index (χ0) is 9.97. The van der Waals surface area contributed by atoms with E-state index in [1.54, 1.807) is 0 Å². The first-order valence-corrected chi connectivity index (χ1v) is 5.17. The van der Waals surface area contributed by atoms with Crippen LogP contribution in [0, 0.1) is 0 Å². The fourth-order valence-electron chi connectivity index (χ4n) is 1.57. The van der Waals surface area contributed by atoms with E-state index in [1.807, 2.05) is 19.1 Å². The second kappa shape index (κ2) is 4.01. The molecule has 14 heavy (non-hydrogen) atoms. The van der Waals surface area contributed by atoms with Gasteiger partial charge in [0.1, 0.15) is 5.75 Å². The fourth-order valence-corrected chi connectivity index (χ4v) is 1.57. The number of rotatable bonds is 4. The Morgan fingerprint density at radius 2 is 1.93 bits per heavy atom. The van der Waals surface area contributed by atoms with Gasteiger partial charge in [-0.15, -0.1) is 0 Å². The van der Waals surface area contributed by atoms with Gasteiger partial charge in [-0.3, -0.25) is 0 Å². The van der Waals surface area contributed by atoms with Crippen LogP contribution in [0.4, 0.5) is 0 Å². The maximum atomic E-state index is 5.37. The van der Waals surface area contributed by atoms with Crippen molar-refractivity contribution < 1.29 is 9.47 Å². The highest BCUT2D eigenvalue weighted by Gasteiger charge is 2.33. The topological polar surface area (TPSA) is 21.8 Å². The maximum absolute atomic E-state index is 5.37. The minimum Gasteiger partial charge on any atom is -0.494 e. The van der Waals surface area contributed by atoms with Crippen LogP contribution in [0.25, 0.3) is 0 Å².